The Morgan fingerprint density at radius 2 is 1.76 bits per heavy atom. The third-order valence-corrected chi connectivity index (χ3v) is 4.99. The van der Waals surface area contributed by atoms with Gasteiger partial charge in [0.2, 0.25) is 0 Å². The van der Waals surface area contributed by atoms with Crippen molar-refractivity contribution in [2.45, 2.75) is 82.8 Å². The summed E-state index contributed by atoms with van der Waals surface area (Å²) >= 11 is 1.90. The van der Waals surface area contributed by atoms with Gasteiger partial charge in [-0.1, -0.05) is 51.9 Å². The van der Waals surface area contributed by atoms with Gasteiger partial charge in [-0.05, 0) is 25.0 Å². The molecule has 0 saturated carbocycles. The van der Waals surface area contributed by atoms with Crippen molar-refractivity contribution in [2.24, 2.45) is 0 Å². The topological polar surface area (TPSA) is 17.1 Å². The first kappa shape index (κ1) is 15.1. The second-order valence-electron chi connectivity index (χ2n) is 5.19. The lowest BCUT2D eigenvalue weighted by Gasteiger charge is -2.19. The highest BCUT2D eigenvalue weighted by Crippen LogP contribution is 2.27. The van der Waals surface area contributed by atoms with Crippen molar-refractivity contribution in [1.29, 1.82) is 0 Å². The average molecular weight is 256 g/mol. The van der Waals surface area contributed by atoms with Crippen LogP contribution in [0.3, 0.4) is 0 Å². The SMILES string of the molecule is CCCCCCCCCC(=O)C1CCCCS1. The summed E-state index contributed by atoms with van der Waals surface area (Å²) in [7, 11) is 0. The van der Waals surface area contributed by atoms with Crippen LogP contribution in [-0.2, 0) is 4.79 Å². The standard InChI is InChI=1S/C15H28OS/c1-2-3-4-5-6-7-8-11-14(16)15-12-9-10-13-17-15/h15H,2-13H2,1H3. The number of rotatable bonds is 9. The number of thioether (sulfide) groups is 1. The summed E-state index contributed by atoms with van der Waals surface area (Å²) in [6, 6.07) is 0. The first-order valence-electron chi connectivity index (χ1n) is 7.49. The van der Waals surface area contributed by atoms with E-state index < -0.39 is 0 Å². The van der Waals surface area contributed by atoms with Gasteiger partial charge >= 0.3 is 0 Å². The van der Waals surface area contributed by atoms with E-state index in [9.17, 15) is 4.79 Å². The maximum Gasteiger partial charge on any atom is 0.145 e. The fourth-order valence-corrected chi connectivity index (χ4v) is 3.70. The third kappa shape index (κ3) is 7.13. The van der Waals surface area contributed by atoms with Gasteiger partial charge in [-0.25, -0.2) is 0 Å². The molecule has 1 fully saturated rings. The van der Waals surface area contributed by atoms with Crippen molar-refractivity contribution in [3.05, 3.63) is 0 Å². The maximum atomic E-state index is 11.9. The van der Waals surface area contributed by atoms with E-state index in [1.807, 2.05) is 11.8 Å². The second-order valence-corrected chi connectivity index (χ2v) is 6.50. The molecule has 0 bridgehead atoms. The molecule has 2 heteroatoms. The number of carbonyl (C=O) groups is 1. The van der Waals surface area contributed by atoms with Gasteiger partial charge in [0, 0.05) is 6.42 Å². The van der Waals surface area contributed by atoms with Gasteiger partial charge in [-0.2, -0.15) is 11.8 Å². The van der Waals surface area contributed by atoms with Crippen LogP contribution in [0.4, 0.5) is 0 Å². The van der Waals surface area contributed by atoms with Gasteiger partial charge in [0.25, 0.3) is 0 Å². The molecule has 1 aliphatic heterocycles. The summed E-state index contributed by atoms with van der Waals surface area (Å²) in [5.74, 6) is 1.73. The molecule has 1 heterocycles. The minimum absolute atomic E-state index is 0.351. The van der Waals surface area contributed by atoms with E-state index in [0.717, 1.165) is 19.3 Å². The predicted molar refractivity (Wildman–Crippen MR) is 77.7 cm³/mol. The van der Waals surface area contributed by atoms with Crippen LogP contribution in [0.15, 0.2) is 0 Å². The molecule has 1 aliphatic rings. The Morgan fingerprint density at radius 1 is 1.06 bits per heavy atom. The van der Waals surface area contributed by atoms with Crippen molar-refractivity contribution in [3.8, 4) is 0 Å². The minimum atomic E-state index is 0.351. The second kappa shape index (κ2) is 9.99. The van der Waals surface area contributed by atoms with E-state index in [4.69, 9.17) is 0 Å². The van der Waals surface area contributed by atoms with Crippen LogP contribution in [0.25, 0.3) is 0 Å². The Labute approximate surface area is 111 Å². The van der Waals surface area contributed by atoms with Gasteiger partial charge in [-0.3, -0.25) is 4.79 Å². The fourth-order valence-electron chi connectivity index (χ4n) is 2.41. The molecule has 1 rings (SSSR count). The van der Waals surface area contributed by atoms with Crippen molar-refractivity contribution in [2.75, 3.05) is 5.75 Å². The molecule has 0 aliphatic carbocycles. The van der Waals surface area contributed by atoms with Crippen LogP contribution in [0, 0.1) is 0 Å². The molecule has 0 spiro atoms. The lowest BCUT2D eigenvalue weighted by Crippen LogP contribution is -2.20. The van der Waals surface area contributed by atoms with Crippen molar-refractivity contribution in [1.82, 2.24) is 0 Å². The highest BCUT2D eigenvalue weighted by Gasteiger charge is 2.20. The molecule has 0 aromatic rings. The first-order chi connectivity index (χ1) is 8.34. The van der Waals surface area contributed by atoms with E-state index in [1.165, 1.54) is 57.1 Å². The van der Waals surface area contributed by atoms with E-state index >= 15 is 0 Å². The minimum Gasteiger partial charge on any atom is -0.298 e. The van der Waals surface area contributed by atoms with Crippen molar-refractivity contribution < 1.29 is 4.79 Å². The Hall–Kier alpha value is 0.0200. The summed E-state index contributed by atoms with van der Waals surface area (Å²) in [6.07, 6.45) is 13.7. The monoisotopic (exact) mass is 256 g/mol. The number of unbranched alkanes of at least 4 members (excludes halogenated alkanes) is 6. The summed E-state index contributed by atoms with van der Waals surface area (Å²) < 4.78 is 0. The first-order valence-corrected chi connectivity index (χ1v) is 8.53. The van der Waals surface area contributed by atoms with Gasteiger partial charge in [0.1, 0.15) is 5.78 Å². The molecule has 0 amide bonds. The fraction of sp³-hybridized carbons (Fsp3) is 0.933. The molecule has 17 heavy (non-hydrogen) atoms. The zero-order valence-electron chi connectivity index (χ0n) is 11.4. The number of carbonyl (C=O) groups excluding carboxylic acids is 1. The Morgan fingerprint density at radius 3 is 2.41 bits per heavy atom. The van der Waals surface area contributed by atoms with E-state index in [-0.39, 0.29) is 0 Å². The lowest BCUT2D eigenvalue weighted by atomic mass is 10.0. The van der Waals surface area contributed by atoms with Gasteiger partial charge in [0.05, 0.1) is 5.25 Å². The molecule has 0 aromatic carbocycles. The van der Waals surface area contributed by atoms with Crippen molar-refractivity contribution >= 4 is 17.5 Å². The number of hydrogen-bond donors (Lipinski definition) is 0. The molecule has 1 unspecified atom stereocenters. The summed E-state index contributed by atoms with van der Waals surface area (Å²) in [6.45, 7) is 2.25. The smallest absolute Gasteiger partial charge is 0.145 e. The zero-order valence-corrected chi connectivity index (χ0v) is 12.2. The van der Waals surface area contributed by atoms with Crippen LogP contribution >= 0.6 is 11.8 Å². The summed E-state index contributed by atoms with van der Waals surface area (Å²) in [4.78, 5) is 11.9. The highest BCUT2D eigenvalue weighted by atomic mass is 32.2. The highest BCUT2D eigenvalue weighted by molar-refractivity contribution is 8.00. The Balaban J connectivity index is 1.92. The molecule has 0 N–H and O–H groups in total. The average Bonchev–Trinajstić information content (AvgIpc) is 2.38. The zero-order chi connectivity index (χ0) is 12.3. The normalized spacial score (nSPS) is 20.4. The lowest BCUT2D eigenvalue weighted by molar-refractivity contribution is -0.118. The molecule has 1 nitrogen and oxygen atoms in total. The third-order valence-electron chi connectivity index (χ3n) is 3.57. The Kier molecular flexibility index (Phi) is 8.86. The molecule has 0 aromatic heterocycles. The van der Waals surface area contributed by atoms with E-state index in [0.29, 0.717) is 11.0 Å². The van der Waals surface area contributed by atoms with Crippen LogP contribution in [0.5, 0.6) is 0 Å². The molecule has 1 saturated heterocycles. The number of ketones is 1. The summed E-state index contributed by atoms with van der Waals surface area (Å²) in [5, 5.41) is 0.351. The molecule has 100 valence electrons. The predicted octanol–water partition coefficient (Wildman–Crippen LogP) is 4.98. The van der Waals surface area contributed by atoms with E-state index in [2.05, 4.69) is 6.92 Å². The van der Waals surface area contributed by atoms with Crippen molar-refractivity contribution in [3.63, 3.8) is 0 Å². The van der Waals surface area contributed by atoms with Crippen LogP contribution in [0.1, 0.15) is 77.6 Å². The Bertz CT molecular complexity index is 197. The number of hydrogen-bond acceptors (Lipinski definition) is 2. The van der Waals surface area contributed by atoms with Crippen LogP contribution in [0.2, 0.25) is 0 Å². The maximum absolute atomic E-state index is 11.9. The quantitative estimate of drug-likeness (QED) is 0.541. The molecule has 1 atom stereocenters. The molecule has 0 radical (unpaired) electrons. The molecular weight excluding hydrogens is 228 g/mol. The largest absolute Gasteiger partial charge is 0.298 e. The van der Waals surface area contributed by atoms with E-state index in [1.54, 1.807) is 0 Å². The van der Waals surface area contributed by atoms with Gasteiger partial charge in [0.15, 0.2) is 0 Å². The van der Waals surface area contributed by atoms with Crippen LogP contribution in [-0.4, -0.2) is 16.8 Å². The van der Waals surface area contributed by atoms with Crippen LogP contribution < -0.4 is 0 Å². The molecular formula is C15H28OS. The summed E-state index contributed by atoms with van der Waals surface area (Å²) in [5.41, 5.74) is 0. The van der Waals surface area contributed by atoms with Gasteiger partial charge in [-0.15, -0.1) is 0 Å². The van der Waals surface area contributed by atoms with Gasteiger partial charge < -0.3 is 0 Å². The number of Topliss-reactive ketones (excluding diaryl/α,β-unsaturated/α-hetero) is 1.